The molecule has 1 N–H and O–H groups in total. The fraction of sp³-hybridized carbons (Fsp3) is 0.242. The summed E-state index contributed by atoms with van der Waals surface area (Å²) in [4.78, 5) is 37.8. The maximum Gasteiger partial charge on any atom is 0.258 e. The van der Waals surface area contributed by atoms with Crippen molar-refractivity contribution in [1.29, 1.82) is 0 Å². The van der Waals surface area contributed by atoms with E-state index in [1.807, 2.05) is 0 Å². The molecule has 0 saturated carbocycles. The van der Waals surface area contributed by atoms with Gasteiger partial charge < -0.3 is 38.2 Å². The number of allylic oxidation sites excluding steroid dienone is 1. The molecule has 0 aliphatic rings. The number of amides is 1. The molecule has 4 aromatic rings. The normalized spacial score (nSPS) is 11.3. The summed E-state index contributed by atoms with van der Waals surface area (Å²) in [6, 6.07) is 15.4. The molecule has 3 aromatic carbocycles. The lowest BCUT2D eigenvalue weighted by atomic mass is 10.1. The van der Waals surface area contributed by atoms with Crippen LogP contribution in [0.2, 0.25) is 0 Å². The van der Waals surface area contributed by atoms with E-state index in [4.69, 9.17) is 32.8 Å². The van der Waals surface area contributed by atoms with E-state index in [1.165, 1.54) is 35.5 Å². The zero-order valence-corrected chi connectivity index (χ0v) is 26.5. The van der Waals surface area contributed by atoms with Gasteiger partial charge in [-0.15, -0.1) is 0 Å². The van der Waals surface area contributed by atoms with Crippen LogP contribution in [0.1, 0.15) is 12.5 Å². The van der Waals surface area contributed by atoms with Gasteiger partial charge in [0.2, 0.25) is 11.2 Å². The zero-order valence-electron chi connectivity index (χ0n) is 25.7. The second-order valence-electron chi connectivity index (χ2n) is 9.30. The summed E-state index contributed by atoms with van der Waals surface area (Å²) < 4.78 is 40.1. The van der Waals surface area contributed by atoms with Crippen molar-refractivity contribution in [3.05, 3.63) is 75.3 Å². The lowest BCUT2D eigenvalue weighted by Crippen LogP contribution is -2.19. The Labute approximate surface area is 264 Å². The van der Waals surface area contributed by atoms with Crippen molar-refractivity contribution in [2.24, 2.45) is 0 Å². The summed E-state index contributed by atoms with van der Waals surface area (Å²) in [7, 11) is 7.47. The summed E-state index contributed by atoms with van der Waals surface area (Å²) >= 11 is 0.785. The van der Waals surface area contributed by atoms with E-state index in [9.17, 15) is 14.4 Å². The number of rotatable bonds is 14. The minimum Gasteiger partial charge on any atom is -0.496 e. The first-order chi connectivity index (χ1) is 21.8. The molecular formula is C33H33NO10S. The lowest BCUT2D eigenvalue weighted by molar-refractivity contribution is -0.116. The van der Waals surface area contributed by atoms with Crippen LogP contribution in [0.4, 0.5) is 0 Å². The van der Waals surface area contributed by atoms with Gasteiger partial charge >= 0.3 is 0 Å². The van der Waals surface area contributed by atoms with E-state index in [0.29, 0.717) is 45.3 Å². The molecule has 0 saturated heterocycles. The second kappa shape index (κ2) is 15.1. The molecule has 0 aliphatic carbocycles. The number of carbonyl (C=O) groups excluding carboxylic acids is 2. The van der Waals surface area contributed by atoms with Gasteiger partial charge in [-0.2, -0.15) is 0 Å². The SMILES string of the molecule is CNC(=O)/C(SC=O)=C(\C)c1ccccc1OCCOc1c(-c2ccc(OC)c(OC)c2)oc2cc(OC)cc(OC)c2c1=O. The smallest absolute Gasteiger partial charge is 0.258 e. The van der Waals surface area contributed by atoms with E-state index >= 15 is 0 Å². The molecule has 0 spiro atoms. The molecule has 4 rings (SSSR count). The van der Waals surface area contributed by atoms with Gasteiger partial charge in [0.15, 0.2) is 22.9 Å². The molecule has 0 unspecified atom stereocenters. The number of hydrogen-bond donors (Lipinski definition) is 1. The first-order valence-corrected chi connectivity index (χ1v) is 14.5. The van der Waals surface area contributed by atoms with Crippen LogP contribution in [0.3, 0.4) is 0 Å². The largest absolute Gasteiger partial charge is 0.496 e. The second-order valence-corrected chi connectivity index (χ2v) is 10.1. The quantitative estimate of drug-likeness (QED) is 0.109. The molecule has 1 amide bonds. The molecule has 0 radical (unpaired) electrons. The first-order valence-electron chi connectivity index (χ1n) is 13.6. The third-order valence-electron chi connectivity index (χ3n) is 6.81. The molecule has 1 aromatic heterocycles. The number of carbonyl (C=O) groups is 2. The van der Waals surface area contributed by atoms with Gasteiger partial charge in [0, 0.05) is 30.3 Å². The van der Waals surface area contributed by atoms with Crippen LogP contribution in [0.5, 0.6) is 34.5 Å². The fourth-order valence-corrected chi connectivity index (χ4v) is 5.21. The van der Waals surface area contributed by atoms with Crippen molar-refractivity contribution in [1.82, 2.24) is 5.32 Å². The highest BCUT2D eigenvalue weighted by Gasteiger charge is 2.23. The molecule has 0 aliphatic heterocycles. The van der Waals surface area contributed by atoms with E-state index in [1.54, 1.807) is 61.5 Å². The van der Waals surface area contributed by atoms with Crippen molar-refractivity contribution in [3.63, 3.8) is 0 Å². The number of hydrogen-bond acceptors (Lipinski definition) is 11. The van der Waals surface area contributed by atoms with Crippen LogP contribution in [0.25, 0.3) is 27.9 Å². The number of fused-ring (bicyclic) bond motifs is 1. The topological polar surface area (TPSA) is 132 Å². The highest BCUT2D eigenvalue weighted by Crippen LogP contribution is 2.39. The number of para-hydroxylation sites is 1. The van der Waals surface area contributed by atoms with Crippen LogP contribution in [-0.2, 0) is 9.59 Å². The Balaban J connectivity index is 1.72. The number of ether oxygens (including phenoxy) is 6. The van der Waals surface area contributed by atoms with Crippen molar-refractivity contribution < 1.29 is 42.4 Å². The molecule has 236 valence electrons. The van der Waals surface area contributed by atoms with Crippen molar-refractivity contribution >= 4 is 39.8 Å². The van der Waals surface area contributed by atoms with Gasteiger partial charge in [0.25, 0.3) is 5.91 Å². The predicted molar refractivity (Wildman–Crippen MR) is 173 cm³/mol. The highest BCUT2D eigenvalue weighted by molar-refractivity contribution is 8.16. The maximum atomic E-state index is 13.9. The lowest BCUT2D eigenvalue weighted by Gasteiger charge is -2.16. The zero-order chi connectivity index (χ0) is 32.5. The van der Waals surface area contributed by atoms with Gasteiger partial charge in [-0.3, -0.25) is 14.4 Å². The Morgan fingerprint density at radius 3 is 2.24 bits per heavy atom. The number of benzene rings is 3. The standard InChI is InChI=1S/C33H33NO10S/c1-19(32(45-18-35)33(37)34-2)22-9-7-8-10-23(22)42-13-14-43-31-29(36)28-26(41-6)16-21(38-3)17-27(28)44-30(31)20-11-12-24(39-4)25(15-20)40-5/h7-12,15-18H,13-14H2,1-6H3,(H,34,37)/b32-19-. The summed E-state index contributed by atoms with van der Waals surface area (Å²) in [5.74, 6) is 1.80. The number of methoxy groups -OCH3 is 4. The first kappa shape index (κ1) is 32.8. The van der Waals surface area contributed by atoms with Gasteiger partial charge in [0.1, 0.15) is 41.4 Å². The molecular weight excluding hydrogens is 602 g/mol. The Morgan fingerprint density at radius 2 is 1.58 bits per heavy atom. The Bertz CT molecular complexity index is 1800. The highest BCUT2D eigenvalue weighted by atomic mass is 32.2. The summed E-state index contributed by atoms with van der Waals surface area (Å²) in [6.07, 6.45) is 0. The Kier molecular flexibility index (Phi) is 11.0. The van der Waals surface area contributed by atoms with Crippen molar-refractivity contribution in [2.45, 2.75) is 6.92 Å². The Hall–Kier alpha value is -5.10. The number of likely N-dealkylation sites (N-methyl/N-ethyl adjacent to an activating group) is 1. The molecule has 0 fully saturated rings. The third kappa shape index (κ3) is 7.01. The van der Waals surface area contributed by atoms with Crippen LogP contribution in [0.15, 0.2) is 68.7 Å². The maximum absolute atomic E-state index is 13.9. The molecule has 45 heavy (non-hydrogen) atoms. The molecule has 0 atom stereocenters. The average molecular weight is 636 g/mol. The monoisotopic (exact) mass is 635 g/mol. The van der Waals surface area contributed by atoms with Crippen LogP contribution >= 0.6 is 11.8 Å². The van der Waals surface area contributed by atoms with E-state index in [-0.39, 0.29) is 52.3 Å². The van der Waals surface area contributed by atoms with E-state index in [0.717, 1.165) is 11.8 Å². The minimum atomic E-state index is -0.458. The van der Waals surface area contributed by atoms with Crippen molar-refractivity contribution in [2.75, 3.05) is 48.7 Å². The van der Waals surface area contributed by atoms with Gasteiger partial charge in [-0.1, -0.05) is 18.2 Å². The Morgan fingerprint density at radius 1 is 0.867 bits per heavy atom. The molecule has 11 nitrogen and oxygen atoms in total. The van der Waals surface area contributed by atoms with E-state index in [2.05, 4.69) is 5.32 Å². The third-order valence-corrected chi connectivity index (χ3v) is 7.63. The van der Waals surface area contributed by atoms with E-state index < -0.39 is 5.43 Å². The summed E-state index contributed by atoms with van der Waals surface area (Å²) in [5.41, 5.74) is 2.07. The fourth-order valence-electron chi connectivity index (χ4n) is 4.61. The summed E-state index contributed by atoms with van der Waals surface area (Å²) in [5, 5.41) is 2.73. The van der Waals surface area contributed by atoms with Crippen LogP contribution in [0, 0.1) is 0 Å². The minimum absolute atomic E-state index is 0.0308. The van der Waals surface area contributed by atoms with Gasteiger partial charge in [0.05, 0.1) is 33.3 Å². The molecule has 0 bridgehead atoms. The summed E-state index contributed by atoms with van der Waals surface area (Å²) in [6.45, 7) is 1.72. The van der Waals surface area contributed by atoms with Crippen LogP contribution < -0.4 is 39.2 Å². The number of thioether (sulfide) groups is 1. The van der Waals surface area contributed by atoms with Gasteiger partial charge in [-0.05, 0) is 48.5 Å². The van der Waals surface area contributed by atoms with Crippen molar-refractivity contribution in [3.8, 4) is 45.8 Å². The molecule has 1 heterocycles. The van der Waals surface area contributed by atoms with Gasteiger partial charge in [-0.25, -0.2) is 0 Å². The molecule has 12 heteroatoms. The van der Waals surface area contributed by atoms with Crippen LogP contribution in [-0.4, -0.2) is 60.2 Å². The number of nitrogens with one attached hydrogen (secondary N) is 1. The predicted octanol–water partition coefficient (Wildman–Crippen LogP) is 5.35. The average Bonchev–Trinajstić information content (AvgIpc) is 3.08.